The van der Waals surface area contributed by atoms with Gasteiger partial charge in [0.25, 0.3) is 0 Å². The Morgan fingerprint density at radius 3 is 2.81 bits per heavy atom. The Morgan fingerprint density at radius 2 is 2.06 bits per heavy atom. The summed E-state index contributed by atoms with van der Waals surface area (Å²) in [5.74, 6) is 0. The van der Waals surface area contributed by atoms with Gasteiger partial charge in [0.15, 0.2) is 0 Å². The van der Waals surface area contributed by atoms with Crippen molar-refractivity contribution in [2.24, 2.45) is 0 Å². The average Bonchev–Trinajstić information content (AvgIpc) is 2.57. The first-order chi connectivity index (χ1) is 7.90. The Balaban J connectivity index is 1.78. The van der Waals surface area contributed by atoms with E-state index in [-0.39, 0.29) is 6.61 Å². The number of nitrogens with zero attached hydrogens (tertiary/aromatic N) is 2. The van der Waals surface area contributed by atoms with Gasteiger partial charge in [0, 0.05) is 32.3 Å². The quantitative estimate of drug-likeness (QED) is 0.747. The molecule has 1 N–H and O–H groups in total. The molecule has 2 fully saturated rings. The van der Waals surface area contributed by atoms with Crippen molar-refractivity contribution in [2.45, 2.75) is 25.3 Å². The molecule has 0 aromatic heterocycles. The Kier molecular flexibility index (Phi) is 5.03. The lowest BCUT2D eigenvalue weighted by molar-refractivity contribution is 0.0192. The van der Waals surface area contributed by atoms with E-state index in [2.05, 4.69) is 9.80 Å². The van der Waals surface area contributed by atoms with Gasteiger partial charge in [0.05, 0.1) is 13.2 Å². The minimum atomic E-state index is 0.284. The molecule has 0 radical (unpaired) electrons. The van der Waals surface area contributed by atoms with Crippen LogP contribution in [0.15, 0.2) is 0 Å². The Hall–Kier alpha value is -0.160. The second-order valence-electron chi connectivity index (χ2n) is 4.83. The molecule has 0 aliphatic carbocycles. The molecule has 2 rings (SSSR count). The molecule has 2 saturated heterocycles. The zero-order valence-electron chi connectivity index (χ0n) is 10.1. The van der Waals surface area contributed by atoms with Crippen molar-refractivity contribution in [2.75, 3.05) is 52.5 Å². The van der Waals surface area contributed by atoms with E-state index >= 15 is 0 Å². The van der Waals surface area contributed by atoms with E-state index in [9.17, 15) is 0 Å². The summed E-state index contributed by atoms with van der Waals surface area (Å²) < 4.78 is 5.56. The first kappa shape index (κ1) is 12.3. The van der Waals surface area contributed by atoms with E-state index in [0.29, 0.717) is 6.04 Å². The third kappa shape index (κ3) is 3.42. The molecule has 4 heteroatoms. The topological polar surface area (TPSA) is 35.9 Å². The molecule has 0 bridgehead atoms. The van der Waals surface area contributed by atoms with Crippen LogP contribution in [-0.4, -0.2) is 73.5 Å². The van der Waals surface area contributed by atoms with Gasteiger partial charge in [-0.05, 0) is 32.4 Å². The second kappa shape index (κ2) is 6.55. The maximum absolute atomic E-state index is 8.95. The summed E-state index contributed by atoms with van der Waals surface area (Å²) >= 11 is 0. The molecule has 2 aliphatic rings. The van der Waals surface area contributed by atoms with Crippen molar-refractivity contribution in [3.05, 3.63) is 0 Å². The SMILES string of the molecule is OCCN1CCCN(C2CCCOC2)CC1. The minimum Gasteiger partial charge on any atom is -0.395 e. The summed E-state index contributed by atoms with van der Waals surface area (Å²) in [6.07, 6.45) is 3.72. The molecule has 1 atom stereocenters. The van der Waals surface area contributed by atoms with Gasteiger partial charge in [0.2, 0.25) is 0 Å². The molecule has 1 unspecified atom stereocenters. The Labute approximate surface area is 98.2 Å². The zero-order valence-corrected chi connectivity index (χ0v) is 10.1. The number of aliphatic hydroxyl groups excluding tert-OH is 1. The van der Waals surface area contributed by atoms with E-state index in [1.807, 2.05) is 0 Å². The van der Waals surface area contributed by atoms with Crippen molar-refractivity contribution >= 4 is 0 Å². The van der Waals surface area contributed by atoms with Gasteiger partial charge in [0.1, 0.15) is 0 Å². The molecule has 16 heavy (non-hydrogen) atoms. The summed E-state index contributed by atoms with van der Waals surface area (Å²) in [6.45, 7) is 7.52. The van der Waals surface area contributed by atoms with Gasteiger partial charge in [-0.3, -0.25) is 9.80 Å². The molecule has 94 valence electrons. The van der Waals surface area contributed by atoms with Gasteiger partial charge in [-0.1, -0.05) is 0 Å². The Morgan fingerprint density at radius 1 is 1.12 bits per heavy atom. The highest BCUT2D eigenvalue weighted by molar-refractivity contribution is 4.78. The number of hydrogen-bond donors (Lipinski definition) is 1. The van der Waals surface area contributed by atoms with E-state index < -0.39 is 0 Å². The van der Waals surface area contributed by atoms with Crippen LogP contribution in [0.3, 0.4) is 0 Å². The third-order valence-electron chi connectivity index (χ3n) is 3.69. The van der Waals surface area contributed by atoms with Crippen LogP contribution < -0.4 is 0 Å². The predicted molar refractivity (Wildman–Crippen MR) is 63.6 cm³/mol. The highest BCUT2D eigenvalue weighted by atomic mass is 16.5. The fourth-order valence-electron chi connectivity index (χ4n) is 2.73. The van der Waals surface area contributed by atoms with E-state index in [1.54, 1.807) is 0 Å². The van der Waals surface area contributed by atoms with Crippen molar-refractivity contribution < 1.29 is 9.84 Å². The first-order valence-electron chi connectivity index (χ1n) is 6.55. The van der Waals surface area contributed by atoms with Crippen LogP contribution in [-0.2, 0) is 4.74 Å². The number of aliphatic hydroxyl groups is 1. The average molecular weight is 228 g/mol. The van der Waals surface area contributed by atoms with E-state index in [4.69, 9.17) is 9.84 Å². The molecule has 4 nitrogen and oxygen atoms in total. The largest absolute Gasteiger partial charge is 0.395 e. The lowest BCUT2D eigenvalue weighted by Crippen LogP contribution is -2.43. The van der Waals surface area contributed by atoms with Gasteiger partial charge in [-0.15, -0.1) is 0 Å². The molecular formula is C12H24N2O2. The fourth-order valence-corrected chi connectivity index (χ4v) is 2.73. The van der Waals surface area contributed by atoms with Crippen molar-refractivity contribution in [1.29, 1.82) is 0 Å². The van der Waals surface area contributed by atoms with Crippen LogP contribution in [0.1, 0.15) is 19.3 Å². The van der Waals surface area contributed by atoms with Gasteiger partial charge in [-0.25, -0.2) is 0 Å². The molecule has 0 aromatic rings. The van der Waals surface area contributed by atoms with Gasteiger partial charge in [-0.2, -0.15) is 0 Å². The van der Waals surface area contributed by atoms with Crippen LogP contribution >= 0.6 is 0 Å². The summed E-state index contributed by atoms with van der Waals surface area (Å²) in [5.41, 5.74) is 0. The predicted octanol–water partition coefficient (Wildman–Crippen LogP) is 0.165. The van der Waals surface area contributed by atoms with Gasteiger partial charge < -0.3 is 9.84 Å². The fraction of sp³-hybridized carbons (Fsp3) is 1.00. The monoisotopic (exact) mass is 228 g/mol. The number of β-amino-alcohol motifs (C(OH)–C–C–N with tert-alkyl or cyclic N) is 1. The van der Waals surface area contributed by atoms with E-state index in [1.165, 1.54) is 25.8 Å². The van der Waals surface area contributed by atoms with E-state index in [0.717, 1.165) is 39.4 Å². The Bertz CT molecular complexity index is 195. The molecule has 2 aliphatic heterocycles. The molecule has 0 amide bonds. The van der Waals surface area contributed by atoms with Crippen LogP contribution in [0.2, 0.25) is 0 Å². The summed E-state index contributed by atoms with van der Waals surface area (Å²) in [4.78, 5) is 4.94. The second-order valence-corrected chi connectivity index (χ2v) is 4.83. The third-order valence-corrected chi connectivity index (χ3v) is 3.69. The lowest BCUT2D eigenvalue weighted by atomic mass is 10.1. The molecular weight excluding hydrogens is 204 g/mol. The number of ether oxygens (including phenoxy) is 1. The highest BCUT2D eigenvalue weighted by Crippen LogP contribution is 2.15. The van der Waals surface area contributed by atoms with Crippen molar-refractivity contribution in [3.8, 4) is 0 Å². The molecule has 0 aromatic carbocycles. The number of hydrogen-bond acceptors (Lipinski definition) is 4. The minimum absolute atomic E-state index is 0.284. The van der Waals surface area contributed by atoms with Gasteiger partial charge >= 0.3 is 0 Å². The van der Waals surface area contributed by atoms with Crippen molar-refractivity contribution in [1.82, 2.24) is 9.80 Å². The zero-order chi connectivity index (χ0) is 11.2. The summed E-state index contributed by atoms with van der Waals surface area (Å²) in [5, 5.41) is 8.95. The molecule has 2 heterocycles. The maximum Gasteiger partial charge on any atom is 0.0621 e. The maximum atomic E-state index is 8.95. The lowest BCUT2D eigenvalue weighted by Gasteiger charge is -2.33. The molecule has 0 spiro atoms. The standard InChI is InChI=1S/C12H24N2O2/c15-9-8-13-4-2-5-14(7-6-13)12-3-1-10-16-11-12/h12,15H,1-11H2. The smallest absolute Gasteiger partial charge is 0.0621 e. The normalized spacial score (nSPS) is 30.2. The molecule has 0 saturated carbocycles. The van der Waals surface area contributed by atoms with Crippen LogP contribution in [0.5, 0.6) is 0 Å². The first-order valence-corrected chi connectivity index (χ1v) is 6.55. The van der Waals surface area contributed by atoms with Crippen molar-refractivity contribution in [3.63, 3.8) is 0 Å². The number of rotatable bonds is 3. The van der Waals surface area contributed by atoms with Crippen LogP contribution in [0.4, 0.5) is 0 Å². The summed E-state index contributed by atoms with van der Waals surface area (Å²) in [7, 11) is 0. The van der Waals surface area contributed by atoms with Crippen LogP contribution in [0, 0.1) is 0 Å². The highest BCUT2D eigenvalue weighted by Gasteiger charge is 2.23. The summed E-state index contributed by atoms with van der Waals surface area (Å²) in [6, 6.07) is 0.642. The van der Waals surface area contributed by atoms with Crippen LogP contribution in [0.25, 0.3) is 0 Å².